The van der Waals surface area contributed by atoms with Crippen LogP contribution in [0, 0.1) is 0 Å². The summed E-state index contributed by atoms with van der Waals surface area (Å²) in [4.78, 5) is 11.1. The van der Waals surface area contributed by atoms with Crippen molar-refractivity contribution in [2.45, 2.75) is 12.5 Å². The van der Waals surface area contributed by atoms with Gasteiger partial charge >= 0.3 is 0 Å². The van der Waals surface area contributed by atoms with E-state index in [0.717, 1.165) is 24.2 Å². The summed E-state index contributed by atoms with van der Waals surface area (Å²) in [7, 11) is 0. The Balaban J connectivity index is 1.89. The van der Waals surface area contributed by atoms with E-state index in [4.69, 9.17) is 11.5 Å². The van der Waals surface area contributed by atoms with Crippen molar-refractivity contribution in [3.8, 4) is 0 Å². The van der Waals surface area contributed by atoms with Crippen LogP contribution in [0.2, 0.25) is 0 Å². The number of carbonyl (C=O) groups is 1. The Hall–Kier alpha value is -1.85. The molecule has 0 bridgehead atoms. The first-order valence-corrected chi connectivity index (χ1v) is 7.51. The third-order valence-electron chi connectivity index (χ3n) is 3.25. The Kier molecular flexibility index (Phi) is 5.36. The summed E-state index contributed by atoms with van der Waals surface area (Å²) in [5.41, 5.74) is 13.9. The molecule has 5 N–H and O–H groups in total. The molecule has 1 atom stereocenters. The van der Waals surface area contributed by atoms with Gasteiger partial charge < -0.3 is 16.8 Å². The van der Waals surface area contributed by atoms with Crippen molar-refractivity contribution < 1.29 is 4.79 Å². The molecular formula is C16H18BrN3O. The van der Waals surface area contributed by atoms with E-state index >= 15 is 0 Å². The number of halogens is 1. The molecule has 2 aromatic rings. The van der Waals surface area contributed by atoms with E-state index in [1.54, 1.807) is 6.07 Å². The van der Waals surface area contributed by atoms with Crippen LogP contribution >= 0.6 is 15.9 Å². The van der Waals surface area contributed by atoms with Crippen LogP contribution in [0.5, 0.6) is 0 Å². The Morgan fingerprint density at radius 3 is 2.52 bits per heavy atom. The molecule has 0 fully saturated rings. The summed E-state index contributed by atoms with van der Waals surface area (Å²) in [5.74, 6) is -0.445. The number of hydrogen-bond donors (Lipinski definition) is 3. The van der Waals surface area contributed by atoms with Gasteiger partial charge in [0.1, 0.15) is 0 Å². The van der Waals surface area contributed by atoms with E-state index in [9.17, 15) is 4.79 Å². The fourth-order valence-corrected chi connectivity index (χ4v) is 2.64. The van der Waals surface area contributed by atoms with Crippen LogP contribution in [0.1, 0.15) is 28.4 Å². The normalized spacial score (nSPS) is 11.9. The monoisotopic (exact) mass is 347 g/mol. The lowest BCUT2D eigenvalue weighted by atomic mass is 10.1. The number of hydrogen-bond acceptors (Lipinski definition) is 3. The van der Waals surface area contributed by atoms with E-state index in [1.165, 1.54) is 0 Å². The lowest BCUT2D eigenvalue weighted by molar-refractivity contribution is 0.0999. The first-order valence-electron chi connectivity index (χ1n) is 6.71. The Morgan fingerprint density at radius 1 is 1.19 bits per heavy atom. The molecule has 21 heavy (non-hydrogen) atoms. The smallest absolute Gasteiger partial charge is 0.249 e. The number of benzene rings is 2. The van der Waals surface area contributed by atoms with Gasteiger partial charge in [-0.25, -0.2) is 0 Å². The van der Waals surface area contributed by atoms with E-state index in [0.29, 0.717) is 10.0 Å². The largest absolute Gasteiger partial charge is 0.385 e. The first kappa shape index (κ1) is 15.5. The van der Waals surface area contributed by atoms with Crippen LogP contribution in [-0.4, -0.2) is 12.5 Å². The molecule has 0 aliphatic heterocycles. The Morgan fingerprint density at radius 2 is 1.90 bits per heavy atom. The summed E-state index contributed by atoms with van der Waals surface area (Å²) in [6.07, 6.45) is 0.819. The second kappa shape index (κ2) is 7.24. The zero-order chi connectivity index (χ0) is 15.2. The van der Waals surface area contributed by atoms with Gasteiger partial charge in [-0.05, 0) is 46.1 Å². The minimum absolute atomic E-state index is 0.00651. The molecule has 5 heteroatoms. The van der Waals surface area contributed by atoms with Crippen molar-refractivity contribution >= 4 is 27.5 Å². The number of nitrogens with two attached hydrogens (primary N) is 2. The summed E-state index contributed by atoms with van der Waals surface area (Å²) < 4.78 is 0.687. The van der Waals surface area contributed by atoms with Gasteiger partial charge in [-0.1, -0.05) is 30.3 Å². The molecule has 0 radical (unpaired) electrons. The maximum Gasteiger partial charge on any atom is 0.249 e. The molecule has 0 saturated heterocycles. The average molecular weight is 348 g/mol. The van der Waals surface area contributed by atoms with Crippen molar-refractivity contribution in [2.24, 2.45) is 11.5 Å². The summed E-state index contributed by atoms with van der Waals surface area (Å²) in [6.45, 7) is 0.748. The molecule has 1 amide bonds. The van der Waals surface area contributed by atoms with Crippen molar-refractivity contribution in [1.29, 1.82) is 0 Å². The maximum absolute atomic E-state index is 11.1. The highest BCUT2D eigenvalue weighted by Crippen LogP contribution is 2.21. The SMILES string of the molecule is NC(=O)c1ccc(NCCC(N)c2ccccc2)cc1Br. The van der Waals surface area contributed by atoms with E-state index in [-0.39, 0.29) is 6.04 Å². The molecule has 0 aliphatic carbocycles. The lowest BCUT2D eigenvalue weighted by Crippen LogP contribution is -2.15. The van der Waals surface area contributed by atoms with Crippen LogP contribution in [0.15, 0.2) is 53.0 Å². The second-order valence-corrected chi connectivity index (χ2v) is 5.65. The zero-order valence-corrected chi connectivity index (χ0v) is 13.1. The number of rotatable bonds is 6. The Bertz CT molecular complexity index is 616. The molecule has 2 rings (SSSR count). The molecule has 0 saturated carbocycles. The quantitative estimate of drug-likeness (QED) is 0.751. The second-order valence-electron chi connectivity index (χ2n) is 4.79. The number of amides is 1. The van der Waals surface area contributed by atoms with Crippen molar-refractivity contribution in [3.63, 3.8) is 0 Å². The highest BCUT2D eigenvalue weighted by molar-refractivity contribution is 9.10. The highest BCUT2D eigenvalue weighted by Gasteiger charge is 2.07. The number of carbonyl (C=O) groups excluding carboxylic acids is 1. The van der Waals surface area contributed by atoms with Crippen molar-refractivity contribution in [1.82, 2.24) is 0 Å². The van der Waals surface area contributed by atoms with Gasteiger partial charge in [0.2, 0.25) is 5.91 Å². The van der Waals surface area contributed by atoms with Gasteiger partial charge in [-0.3, -0.25) is 4.79 Å². The Labute approximate surface area is 132 Å². The molecule has 4 nitrogen and oxygen atoms in total. The molecule has 1 unspecified atom stereocenters. The van der Waals surface area contributed by atoms with Crippen molar-refractivity contribution in [2.75, 3.05) is 11.9 Å². The zero-order valence-electron chi connectivity index (χ0n) is 11.6. The number of primary amides is 1. The minimum atomic E-state index is -0.445. The topological polar surface area (TPSA) is 81.1 Å². The molecular weight excluding hydrogens is 330 g/mol. The minimum Gasteiger partial charge on any atom is -0.385 e. The number of anilines is 1. The average Bonchev–Trinajstić information content (AvgIpc) is 2.47. The van der Waals surface area contributed by atoms with Crippen LogP contribution in [0.4, 0.5) is 5.69 Å². The molecule has 0 spiro atoms. The number of nitrogens with one attached hydrogen (secondary N) is 1. The highest BCUT2D eigenvalue weighted by atomic mass is 79.9. The molecule has 2 aromatic carbocycles. The summed E-state index contributed by atoms with van der Waals surface area (Å²) in [6, 6.07) is 15.4. The molecule has 0 aromatic heterocycles. The first-order chi connectivity index (χ1) is 10.1. The van der Waals surface area contributed by atoms with Crippen LogP contribution in [0.25, 0.3) is 0 Å². The predicted molar refractivity (Wildman–Crippen MR) is 89.1 cm³/mol. The van der Waals surface area contributed by atoms with Gasteiger partial charge in [0.25, 0.3) is 0 Å². The van der Waals surface area contributed by atoms with Crippen LogP contribution in [-0.2, 0) is 0 Å². The van der Waals surface area contributed by atoms with Gasteiger partial charge in [0, 0.05) is 22.7 Å². The van der Waals surface area contributed by atoms with Crippen molar-refractivity contribution in [3.05, 3.63) is 64.1 Å². The van der Waals surface area contributed by atoms with Gasteiger partial charge in [0.15, 0.2) is 0 Å². The van der Waals surface area contributed by atoms with Crippen LogP contribution < -0.4 is 16.8 Å². The molecule has 110 valence electrons. The van der Waals surface area contributed by atoms with E-state index in [1.807, 2.05) is 42.5 Å². The molecule has 0 aliphatic rings. The summed E-state index contributed by atoms with van der Waals surface area (Å²) in [5, 5.41) is 3.29. The van der Waals surface area contributed by atoms with E-state index < -0.39 is 5.91 Å². The van der Waals surface area contributed by atoms with Crippen LogP contribution in [0.3, 0.4) is 0 Å². The fraction of sp³-hybridized carbons (Fsp3) is 0.188. The lowest BCUT2D eigenvalue weighted by Gasteiger charge is -2.13. The standard InChI is InChI=1S/C16H18BrN3O/c17-14-10-12(6-7-13(14)16(19)21)20-9-8-15(18)11-4-2-1-3-5-11/h1-7,10,15,20H,8-9,18H2,(H2,19,21). The third kappa shape index (κ3) is 4.31. The van der Waals surface area contributed by atoms with Gasteiger partial charge in [0.05, 0.1) is 5.56 Å². The van der Waals surface area contributed by atoms with E-state index in [2.05, 4.69) is 21.2 Å². The maximum atomic E-state index is 11.1. The fourth-order valence-electron chi connectivity index (χ4n) is 2.06. The predicted octanol–water partition coefficient (Wildman–Crippen LogP) is 3.05. The third-order valence-corrected chi connectivity index (χ3v) is 3.90. The molecule has 0 heterocycles. The van der Waals surface area contributed by atoms with Gasteiger partial charge in [-0.2, -0.15) is 0 Å². The van der Waals surface area contributed by atoms with Gasteiger partial charge in [-0.15, -0.1) is 0 Å². The summed E-state index contributed by atoms with van der Waals surface area (Å²) >= 11 is 3.34.